The minimum absolute atomic E-state index is 0.145. The molecule has 0 radical (unpaired) electrons. The maximum atomic E-state index is 11.8. The van der Waals surface area contributed by atoms with Crippen LogP contribution in [0.1, 0.15) is 5.56 Å². The van der Waals surface area contributed by atoms with Gasteiger partial charge in [0.1, 0.15) is 18.4 Å². The van der Waals surface area contributed by atoms with Crippen molar-refractivity contribution < 1.29 is 14.3 Å². The Bertz CT molecular complexity index is 652. The number of amides is 1. The van der Waals surface area contributed by atoms with Gasteiger partial charge in [-0.05, 0) is 24.3 Å². The molecule has 6 nitrogen and oxygen atoms in total. The van der Waals surface area contributed by atoms with E-state index in [9.17, 15) is 4.79 Å². The standard InChI is InChI=1S/C16H18ClN3O3/c1-22-10-14(18)16(21)20-12-4-5-15(13(17)7-12)23-9-11-3-2-6-19-8-11/h2-8,14H,9-10,18H2,1H3,(H,20,21). The number of anilines is 1. The van der Waals surface area contributed by atoms with E-state index in [1.807, 2.05) is 12.1 Å². The molecule has 0 saturated heterocycles. The Hall–Kier alpha value is -2.15. The Labute approximate surface area is 139 Å². The zero-order valence-electron chi connectivity index (χ0n) is 12.7. The molecule has 1 unspecified atom stereocenters. The Morgan fingerprint density at radius 3 is 2.91 bits per heavy atom. The van der Waals surface area contributed by atoms with Crippen LogP contribution >= 0.6 is 11.6 Å². The second kappa shape index (κ2) is 8.47. The molecule has 2 aromatic rings. The molecule has 122 valence electrons. The average molecular weight is 336 g/mol. The predicted octanol–water partition coefficient (Wildman–Crippen LogP) is 2.23. The van der Waals surface area contributed by atoms with Gasteiger partial charge in [-0.3, -0.25) is 9.78 Å². The van der Waals surface area contributed by atoms with Crippen LogP contribution in [0.3, 0.4) is 0 Å². The van der Waals surface area contributed by atoms with Gasteiger partial charge in [0.15, 0.2) is 0 Å². The summed E-state index contributed by atoms with van der Waals surface area (Å²) in [6.07, 6.45) is 3.42. The first-order valence-electron chi connectivity index (χ1n) is 6.97. The zero-order valence-corrected chi connectivity index (χ0v) is 13.4. The Balaban J connectivity index is 1.96. The fourth-order valence-electron chi connectivity index (χ4n) is 1.83. The largest absolute Gasteiger partial charge is 0.487 e. The summed E-state index contributed by atoms with van der Waals surface area (Å²) in [7, 11) is 1.48. The second-order valence-corrected chi connectivity index (χ2v) is 5.25. The molecule has 0 saturated carbocycles. The average Bonchev–Trinajstić information content (AvgIpc) is 2.55. The van der Waals surface area contributed by atoms with Gasteiger partial charge in [-0.1, -0.05) is 17.7 Å². The lowest BCUT2D eigenvalue weighted by Gasteiger charge is -2.13. The summed E-state index contributed by atoms with van der Waals surface area (Å²) in [5, 5.41) is 3.07. The van der Waals surface area contributed by atoms with E-state index in [4.69, 9.17) is 26.8 Å². The molecule has 0 aliphatic carbocycles. The van der Waals surface area contributed by atoms with Gasteiger partial charge in [-0.25, -0.2) is 0 Å². The van der Waals surface area contributed by atoms with E-state index in [-0.39, 0.29) is 12.5 Å². The molecular formula is C16H18ClN3O3. The van der Waals surface area contributed by atoms with Crippen molar-refractivity contribution in [2.24, 2.45) is 5.73 Å². The van der Waals surface area contributed by atoms with Gasteiger partial charge in [-0.15, -0.1) is 0 Å². The number of hydrogen-bond acceptors (Lipinski definition) is 5. The number of carbonyl (C=O) groups excluding carboxylic acids is 1. The van der Waals surface area contributed by atoms with Crippen molar-refractivity contribution in [3.63, 3.8) is 0 Å². The molecule has 1 aromatic heterocycles. The van der Waals surface area contributed by atoms with E-state index in [2.05, 4.69) is 10.3 Å². The van der Waals surface area contributed by atoms with Crippen molar-refractivity contribution in [1.29, 1.82) is 0 Å². The number of halogens is 1. The number of hydrogen-bond donors (Lipinski definition) is 2. The molecule has 1 amide bonds. The highest BCUT2D eigenvalue weighted by Crippen LogP contribution is 2.28. The number of carbonyl (C=O) groups is 1. The number of nitrogens with one attached hydrogen (secondary N) is 1. The van der Waals surface area contributed by atoms with Crippen molar-refractivity contribution in [1.82, 2.24) is 4.98 Å². The van der Waals surface area contributed by atoms with Crippen LogP contribution in [-0.4, -0.2) is 30.6 Å². The Morgan fingerprint density at radius 1 is 1.43 bits per heavy atom. The van der Waals surface area contributed by atoms with Crippen LogP contribution in [0.25, 0.3) is 0 Å². The number of pyridine rings is 1. The molecule has 0 spiro atoms. The summed E-state index contributed by atoms with van der Waals surface area (Å²) in [5.74, 6) is 0.182. The SMILES string of the molecule is COCC(N)C(=O)Nc1ccc(OCc2cccnc2)c(Cl)c1. The van der Waals surface area contributed by atoms with Crippen molar-refractivity contribution in [3.8, 4) is 5.75 Å². The molecule has 23 heavy (non-hydrogen) atoms. The van der Waals surface area contributed by atoms with E-state index in [1.165, 1.54) is 7.11 Å². The molecule has 1 heterocycles. The highest BCUT2D eigenvalue weighted by molar-refractivity contribution is 6.32. The molecule has 0 fully saturated rings. The minimum atomic E-state index is -0.736. The smallest absolute Gasteiger partial charge is 0.243 e. The molecule has 1 aromatic carbocycles. The van der Waals surface area contributed by atoms with Gasteiger partial charge in [-0.2, -0.15) is 0 Å². The third-order valence-electron chi connectivity index (χ3n) is 3.00. The number of rotatable bonds is 7. The lowest BCUT2D eigenvalue weighted by Crippen LogP contribution is -2.39. The number of nitrogens with zero attached hydrogens (tertiary/aromatic N) is 1. The summed E-state index contributed by atoms with van der Waals surface area (Å²) in [4.78, 5) is 15.8. The van der Waals surface area contributed by atoms with Crippen molar-refractivity contribution >= 4 is 23.2 Å². The van der Waals surface area contributed by atoms with E-state index in [0.717, 1.165) is 5.56 Å². The first kappa shape index (κ1) is 17.2. The van der Waals surface area contributed by atoms with E-state index >= 15 is 0 Å². The molecule has 3 N–H and O–H groups in total. The Morgan fingerprint density at radius 2 is 2.26 bits per heavy atom. The first-order chi connectivity index (χ1) is 11.1. The molecule has 2 rings (SSSR count). The van der Waals surface area contributed by atoms with Crippen molar-refractivity contribution in [3.05, 3.63) is 53.3 Å². The minimum Gasteiger partial charge on any atom is -0.487 e. The molecule has 0 aliphatic rings. The molecule has 0 aliphatic heterocycles. The lowest BCUT2D eigenvalue weighted by atomic mass is 10.2. The van der Waals surface area contributed by atoms with Gasteiger partial charge in [0.25, 0.3) is 0 Å². The number of benzene rings is 1. The molecular weight excluding hydrogens is 318 g/mol. The lowest BCUT2D eigenvalue weighted by molar-refractivity contribution is -0.118. The maximum absolute atomic E-state index is 11.8. The normalized spacial score (nSPS) is 11.8. The Kier molecular flexibility index (Phi) is 6.34. The fraction of sp³-hybridized carbons (Fsp3) is 0.250. The van der Waals surface area contributed by atoms with Gasteiger partial charge in [0.05, 0.1) is 11.6 Å². The number of nitrogens with two attached hydrogens (primary N) is 1. The van der Waals surface area contributed by atoms with Crippen molar-refractivity contribution in [2.45, 2.75) is 12.6 Å². The van der Waals surface area contributed by atoms with Crippen LogP contribution in [0.5, 0.6) is 5.75 Å². The van der Waals surface area contributed by atoms with Crippen LogP contribution in [-0.2, 0) is 16.1 Å². The van der Waals surface area contributed by atoms with Crippen LogP contribution in [0.4, 0.5) is 5.69 Å². The van der Waals surface area contributed by atoms with Crippen LogP contribution < -0.4 is 15.8 Å². The van der Waals surface area contributed by atoms with Gasteiger partial charge >= 0.3 is 0 Å². The predicted molar refractivity (Wildman–Crippen MR) is 88.5 cm³/mol. The first-order valence-corrected chi connectivity index (χ1v) is 7.34. The molecule has 0 bridgehead atoms. The van der Waals surface area contributed by atoms with E-state index < -0.39 is 6.04 Å². The maximum Gasteiger partial charge on any atom is 0.243 e. The van der Waals surface area contributed by atoms with E-state index in [0.29, 0.717) is 23.1 Å². The third-order valence-corrected chi connectivity index (χ3v) is 3.29. The zero-order chi connectivity index (χ0) is 16.7. The number of aromatic nitrogens is 1. The van der Waals surface area contributed by atoms with Gasteiger partial charge in [0.2, 0.25) is 5.91 Å². The summed E-state index contributed by atoms with van der Waals surface area (Å²) < 4.78 is 10.5. The summed E-state index contributed by atoms with van der Waals surface area (Å²) in [5.41, 5.74) is 7.13. The van der Waals surface area contributed by atoms with Gasteiger partial charge < -0.3 is 20.5 Å². The number of ether oxygens (including phenoxy) is 2. The van der Waals surface area contributed by atoms with Crippen LogP contribution in [0, 0.1) is 0 Å². The molecule has 1 atom stereocenters. The van der Waals surface area contributed by atoms with Gasteiger partial charge in [0, 0.05) is 30.8 Å². The summed E-state index contributed by atoms with van der Waals surface area (Å²) in [6.45, 7) is 0.504. The van der Waals surface area contributed by atoms with Crippen LogP contribution in [0.15, 0.2) is 42.7 Å². The quantitative estimate of drug-likeness (QED) is 0.810. The van der Waals surface area contributed by atoms with Crippen molar-refractivity contribution in [2.75, 3.05) is 19.0 Å². The third kappa shape index (κ3) is 5.21. The molecule has 7 heteroatoms. The van der Waals surface area contributed by atoms with Crippen LogP contribution in [0.2, 0.25) is 5.02 Å². The number of methoxy groups -OCH3 is 1. The second-order valence-electron chi connectivity index (χ2n) is 4.85. The topological polar surface area (TPSA) is 86.5 Å². The monoisotopic (exact) mass is 335 g/mol. The fourth-order valence-corrected chi connectivity index (χ4v) is 2.07. The summed E-state index contributed by atoms with van der Waals surface area (Å²) >= 11 is 6.17. The van der Waals surface area contributed by atoms with E-state index in [1.54, 1.807) is 30.6 Å². The highest BCUT2D eigenvalue weighted by Gasteiger charge is 2.14. The highest BCUT2D eigenvalue weighted by atomic mass is 35.5. The summed E-state index contributed by atoms with van der Waals surface area (Å²) in [6, 6.07) is 8.00.